The summed E-state index contributed by atoms with van der Waals surface area (Å²) < 4.78 is 10.3. The second-order valence-electron chi connectivity index (χ2n) is 3.46. The van der Waals surface area contributed by atoms with Gasteiger partial charge in [0.1, 0.15) is 5.82 Å². The number of ether oxygens (including phenoxy) is 1. The number of rotatable bonds is 8. The molecule has 1 aromatic rings. The number of hydrogen-bond acceptors (Lipinski definition) is 6. The minimum absolute atomic E-state index is 0.509. The van der Waals surface area contributed by atoms with E-state index >= 15 is 0 Å². The zero-order chi connectivity index (χ0) is 11.8. The molecule has 0 aliphatic rings. The third-order valence-electron chi connectivity index (χ3n) is 1.98. The smallest absolute Gasteiger partial charge is 0.170 e. The molecule has 0 fully saturated rings. The molecule has 0 saturated heterocycles. The third kappa shape index (κ3) is 5.25. The van der Waals surface area contributed by atoms with Crippen molar-refractivity contribution in [3.05, 3.63) is 5.82 Å². The summed E-state index contributed by atoms with van der Waals surface area (Å²) in [6.45, 7) is 6.90. The minimum Gasteiger partial charge on any atom is -0.383 e. The van der Waals surface area contributed by atoms with Gasteiger partial charge in [0.25, 0.3) is 0 Å². The van der Waals surface area contributed by atoms with E-state index in [2.05, 4.69) is 28.5 Å². The summed E-state index contributed by atoms with van der Waals surface area (Å²) in [6, 6.07) is 0. The summed E-state index contributed by atoms with van der Waals surface area (Å²) in [5, 5.41) is 3.85. The molecule has 0 aliphatic carbocycles. The maximum absolute atomic E-state index is 4.97. The van der Waals surface area contributed by atoms with Crippen LogP contribution in [0.5, 0.6) is 0 Å². The summed E-state index contributed by atoms with van der Waals surface area (Å²) in [4.78, 5) is 4.43. The van der Waals surface area contributed by atoms with Gasteiger partial charge in [-0.2, -0.15) is 4.37 Å². The van der Waals surface area contributed by atoms with Gasteiger partial charge in [0.15, 0.2) is 4.34 Å². The Labute approximate surface area is 105 Å². The van der Waals surface area contributed by atoms with Gasteiger partial charge in [-0.1, -0.05) is 25.6 Å². The van der Waals surface area contributed by atoms with E-state index in [0.717, 1.165) is 36.3 Å². The molecule has 1 heterocycles. The van der Waals surface area contributed by atoms with Crippen LogP contribution in [0.3, 0.4) is 0 Å². The van der Waals surface area contributed by atoms with Crippen LogP contribution >= 0.6 is 23.3 Å². The van der Waals surface area contributed by atoms with Crippen molar-refractivity contribution >= 4 is 23.3 Å². The Balaban J connectivity index is 2.20. The molecule has 16 heavy (non-hydrogen) atoms. The first-order chi connectivity index (χ1) is 7.76. The molecule has 1 atom stereocenters. The molecule has 92 valence electrons. The summed E-state index contributed by atoms with van der Waals surface area (Å²) in [5.74, 6) is 0.951. The number of aryl methyl sites for hydroxylation is 1. The van der Waals surface area contributed by atoms with E-state index in [9.17, 15) is 0 Å². The monoisotopic (exact) mass is 261 g/mol. The molecule has 1 aromatic heterocycles. The first kappa shape index (κ1) is 13.9. The summed E-state index contributed by atoms with van der Waals surface area (Å²) in [7, 11) is 1.72. The molecule has 0 saturated carbocycles. The van der Waals surface area contributed by atoms with Crippen LogP contribution in [0.15, 0.2) is 4.34 Å². The van der Waals surface area contributed by atoms with Crippen LogP contribution in [-0.2, 0) is 11.2 Å². The topological polar surface area (TPSA) is 47.0 Å². The van der Waals surface area contributed by atoms with Crippen molar-refractivity contribution < 1.29 is 4.74 Å². The summed E-state index contributed by atoms with van der Waals surface area (Å²) in [6.07, 6.45) is 0.914. The van der Waals surface area contributed by atoms with E-state index in [1.54, 1.807) is 18.9 Å². The minimum atomic E-state index is 0.509. The molecule has 0 amide bonds. The molecule has 0 spiro atoms. The van der Waals surface area contributed by atoms with Crippen LogP contribution in [0.25, 0.3) is 0 Å². The fourth-order valence-corrected chi connectivity index (χ4v) is 3.10. The highest BCUT2D eigenvalue weighted by atomic mass is 32.2. The fraction of sp³-hybridized carbons (Fsp3) is 0.800. The second-order valence-corrected chi connectivity index (χ2v) is 5.89. The number of nitrogens with one attached hydrogen (secondary N) is 1. The van der Waals surface area contributed by atoms with Crippen molar-refractivity contribution in [2.75, 3.05) is 26.8 Å². The van der Waals surface area contributed by atoms with Crippen LogP contribution in [0.4, 0.5) is 0 Å². The molecular weight excluding hydrogens is 242 g/mol. The predicted molar refractivity (Wildman–Crippen MR) is 69.4 cm³/mol. The highest BCUT2D eigenvalue weighted by Gasteiger charge is 2.08. The van der Waals surface area contributed by atoms with Crippen molar-refractivity contribution in [2.45, 2.75) is 29.9 Å². The number of methoxy groups -OCH3 is 1. The lowest BCUT2D eigenvalue weighted by Gasteiger charge is -2.09. The maximum atomic E-state index is 4.97. The van der Waals surface area contributed by atoms with Crippen molar-refractivity contribution in [1.29, 1.82) is 0 Å². The molecule has 1 unspecified atom stereocenters. The molecule has 0 bridgehead atoms. The van der Waals surface area contributed by atoms with Gasteiger partial charge in [0, 0.05) is 31.9 Å². The van der Waals surface area contributed by atoms with Crippen molar-refractivity contribution in [3.8, 4) is 0 Å². The third-order valence-corrected chi connectivity index (χ3v) is 3.91. The van der Waals surface area contributed by atoms with E-state index in [0.29, 0.717) is 5.25 Å². The Morgan fingerprint density at radius 3 is 3.00 bits per heavy atom. The van der Waals surface area contributed by atoms with Crippen LogP contribution in [0.2, 0.25) is 0 Å². The Kier molecular flexibility index (Phi) is 6.95. The Hall–Kier alpha value is -0.170. The van der Waals surface area contributed by atoms with Gasteiger partial charge < -0.3 is 10.1 Å². The first-order valence-electron chi connectivity index (χ1n) is 5.45. The molecule has 6 heteroatoms. The molecule has 1 N–H and O–H groups in total. The Morgan fingerprint density at radius 2 is 2.38 bits per heavy atom. The lowest BCUT2D eigenvalue weighted by Crippen LogP contribution is -2.26. The number of hydrogen-bond donors (Lipinski definition) is 1. The largest absolute Gasteiger partial charge is 0.383 e. The Bertz CT molecular complexity index is 293. The van der Waals surface area contributed by atoms with Crippen LogP contribution in [0.1, 0.15) is 19.7 Å². The SMILES string of the molecule is CCc1nsc(SC(C)CNCCOC)n1. The number of nitrogens with zero attached hydrogens (tertiary/aromatic N) is 2. The van der Waals surface area contributed by atoms with Gasteiger partial charge >= 0.3 is 0 Å². The molecule has 4 nitrogen and oxygen atoms in total. The molecule has 1 rings (SSSR count). The van der Waals surface area contributed by atoms with Crippen LogP contribution in [-0.4, -0.2) is 41.4 Å². The number of aromatic nitrogens is 2. The average Bonchev–Trinajstić information content (AvgIpc) is 2.72. The van der Waals surface area contributed by atoms with E-state index in [4.69, 9.17) is 4.74 Å². The Morgan fingerprint density at radius 1 is 1.56 bits per heavy atom. The van der Waals surface area contributed by atoms with Crippen molar-refractivity contribution in [3.63, 3.8) is 0 Å². The van der Waals surface area contributed by atoms with Crippen LogP contribution in [0, 0.1) is 0 Å². The lowest BCUT2D eigenvalue weighted by atomic mass is 10.4. The highest BCUT2D eigenvalue weighted by molar-refractivity contribution is 8.01. The van der Waals surface area contributed by atoms with E-state index in [-0.39, 0.29) is 0 Å². The zero-order valence-corrected chi connectivity index (χ0v) is 11.7. The highest BCUT2D eigenvalue weighted by Crippen LogP contribution is 2.24. The van der Waals surface area contributed by atoms with Gasteiger partial charge in [0.05, 0.1) is 6.61 Å². The number of thioether (sulfide) groups is 1. The van der Waals surface area contributed by atoms with E-state index in [1.165, 1.54) is 11.5 Å². The molecule has 0 aromatic carbocycles. The van der Waals surface area contributed by atoms with Gasteiger partial charge in [0.2, 0.25) is 0 Å². The summed E-state index contributed by atoms with van der Waals surface area (Å²) in [5.41, 5.74) is 0. The van der Waals surface area contributed by atoms with Crippen LogP contribution < -0.4 is 5.32 Å². The van der Waals surface area contributed by atoms with Gasteiger partial charge in [-0.05, 0) is 11.5 Å². The van der Waals surface area contributed by atoms with Crippen molar-refractivity contribution in [1.82, 2.24) is 14.7 Å². The average molecular weight is 261 g/mol. The molecule has 0 radical (unpaired) electrons. The standard InChI is InChI=1S/C10H19N3OS2/c1-4-9-12-10(16-13-9)15-8(2)7-11-5-6-14-3/h8,11H,4-7H2,1-3H3. The zero-order valence-electron chi connectivity index (χ0n) is 10.0. The first-order valence-corrected chi connectivity index (χ1v) is 7.10. The van der Waals surface area contributed by atoms with Gasteiger partial charge in [-0.15, -0.1) is 0 Å². The quantitative estimate of drug-likeness (QED) is 0.571. The lowest BCUT2D eigenvalue weighted by molar-refractivity contribution is 0.199. The van der Waals surface area contributed by atoms with E-state index < -0.39 is 0 Å². The van der Waals surface area contributed by atoms with Crippen molar-refractivity contribution in [2.24, 2.45) is 0 Å². The van der Waals surface area contributed by atoms with Gasteiger partial charge in [-0.3, -0.25) is 0 Å². The normalized spacial score (nSPS) is 12.9. The predicted octanol–water partition coefficient (Wildman–Crippen LogP) is 1.82. The van der Waals surface area contributed by atoms with E-state index in [1.807, 2.05) is 0 Å². The molecular formula is C10H19N3OS2. The maximum Gasteiger partial charge on any atom is 0.170 e. The fourth-order valence-electron chi connectivity index (χ4n) is 1.12. The molecule has 0 aliphatic heterocycles. The second kappa shape index (κ2) is 8.00. The summed E-state index contributed by atoms with van der Waals surface area (Å²) >= 11 is 3.27. The van der Waals surface area contributed by atoms with Gasteiger partial charge in [-0.25, -0.2) is 4.98 Å².